The number of benzene rings is 2. The number of nitro groups is 1. The lowest BCUT2D eigenvalue weighted by Gasteiger charge is -2.10. The normalized spacial score (nSPS) is 11.0. The van der Waals surface area contributed by atoms with Crippen molar-refractivity contribution < 1.29 is 4.92 Å². The molecular weight excluding hydrogens is 368 g/mol. The number of nitrogens with zero attached hydrogens (tertiary/aromatic N) is 5. The van der Waals surface area contributed by atoms with Crippen molar-refractivity contribution in [1.29, 1.82) is 0 Å². The second-order valence-corrected chi connectivity index (χ2v) is 6.48. The highest BCUT2D eigenvalue weighted by atomic mass is 32.2. The highest BCUT2D eigenvalue weighted by Crippen LogP contribution is 2.27. The van der Waals surface area contributed by atoms with Crippen LogP contribution in [0, 0.1) is 10.1 Å². The number of rotatable bonds is 5. The number of nitrogens with one attached hydrogen (secondary N) is 1. The first kappa shape index (κ1) is 16.9. The number of thioether (sulfide) groups is 1. The van der Waals surface area contributed by atoms with Crippen molar-refractivity contribution in [1.82, 2.24) is 24.7 Å². The average Bonchev–Trinajstić information content (AvgIpc) is 3.21. The van der Waals surface area contributed by atoms with E-state index in [0.29, 0.717) is 21.6 Å². The lowest BCUT2D eigenvalue weighted by atomic mass is 10.2. The Hall–Kier alpha value is -3.53. The Kier molecular flexibility index (Phi) is 4.38. The number of nitro benzene ring substituents is 1. The summed E-state index contributed by atoms with van der Waals surface area (Å²) in [6, 6.07) is 13.5. The zero-order valence-corrected chi connectivity index (χ0v) is 14.6. The first-order chi connectivity index (χ1) is 13.1. The molecule has 4 rings (SSSR count). The number of fused-ring (bicyclic) bond motifs is 1. The van der Waals surface area contributed by atoms with E-state index in [4.69, 9.17) is 0 Å². The maximum absolute atomic E-state index is 12.9. The van der Waals surface area contributed by atoms with Gasteiger partial charge in [-0.1, -0.05) is 42.1 Å². The summed E-state index contributed by atoms with van der Waals surface area (Å²) in [7, 11) is 0. The molecule has 27 heavy (non-hydrogen) atoms. The number of aromatic amines is 1. The van der Waals surface area contributed by atoms with Crippen LogP contribution in [-0.4, -0.2) is 29.7 Å². The Bertz CT molecular complexity index is 1190. The first-order valence-corrected chi connectivity index (χ1v) is 8.86. The van der Waals surface area contributed by atoms with Crippen LogP contribution < -0.4 is 5.56 Å². The molecule has 10 heteroatoms. The number of aromatic nitrogens is 5. The minimum atomic E-state index is -0.423. The fourth-order valence-electron chi connectivity index (χ4n) is 2.66. The van der Waals surface area contributed by atoms with E-state index in [2.05, 4.69) is 20.2 Å². The van der Waals surface area contributed by atoms with Gasteiger partial charge in [0.25, 0.3) is 11.2 Å². The summed E-state index contributed by atoms with van der Waals surface area (Å²) in [5, 5.41) is 18.5. The van der Waals surface area contributed by atoms with Crippen molar-refractivity contribution >= 4 is 28.4 Å². The summed E-state index contributed by atoms with van der Waals surface area (Å²) < 4.78 is 1.33. The zero-order chi connectivity index (χ0) is 18.8. The van der Waals surface area contributed by atoms with Crippen molar-refractivity contribution in [3.8, 4) is 5.95 Å². The topological polar surface area (TPSA) is 120 Å². The van der Waals surface area contributed by atoms with Crippen molar-refractivity contribution in [2.45, 2.75) is 10.9 Å². The SMILES string of the molecule is O=c1c2ccccc2nc(SCc2ccccc2[N+](=O)[O-])n1-c1ncn[nH]1. The molecule has 134 valence electrons. The van der Waals surface area contributed by atoms with Gasteiger partial charge in [-0.3, -0.25) is 14.9 Å². The Balaban J connectivity index is 1.81. The molecule has 0 unspecified atom stereocenters. The minimum absolute atomic E-state index is 0.0272. The van der Waals surface area contributed by atoms with Gasteiger partial charge in [0.2, 0.25) is 5.95 Å². The van der Waals surface area contributed by atoms with E-state index in [-0.39, 0.29) is 22.9 Å². The third-order valence-electron chi connectivity index (χ3n) is 3.90. The predicted molar refractivity (Wildman–Crippen MR) is 99.9 cm³/mol. The van der Waals surface area contributed by atoms with E-state index in [1.54, 1.807) is 42.5 Å². The average molecular weight is 380 g/mol. The second-order valence-electron chi connectivity index (χ2n) is 5.54. The van der Waals surface area contributed by atoms with Crippen LogP contribution in [0.15, 0.2) is 64.8 Å². The predicted octanol–water partition coefficient (Wildman–Crippen LogP) is 2.70. The molecule has 2 aromatic heterocycles. The van der Waals surface area contributed by atoms with Crippen LogP contribution in [0.4, 0.5) is 5.69 Å². The number of para-hydroxylation sites is 2. The molecule has 0 spiro atoms. The van der Waals surface area contributed by atoms with Crippen molar-refractivity contribution in [3.05, 3.63) is 80.9 Å². The summed E-state index contributed by atoms with van der Waals surface area (Å²) in [6.07, 6.45) is 1.30. The molecule has 0 aliphatic rings. The first-order valence-electron chi connectivity index (χ1n) is 7.88. The molecule has 0 saturated carbocycles. The summed E-state index contributed by atoms with van der Waals surface area (Å²) >= 11 is 1.22. The summed E-state index contributed by atoms with van der Waals surface area (Å²) in [5.41, 5.74) is 0.823. The van der Waals surface area contributed by atoms with Gasteiger partial charge in [-0.2, -0.15) is 10.1 Å². The molecule has 4 aromatic rings. The van der Waals surface area contributed by atoms with Gasteiger partial charge < -0.3 is 0 Å². The molecule has 0 saturated heterocycles. The highest BCUT2D eigenvalue weighted by Gasteiger charge is 2.17. The van der Waals surface area contributed by atoms with Gasteiger partial charge >= 0.3 is 0 Å². The molecule has 9 nitrogen and oxygen atoms in total. The summed E-state index contributed by atoms with van der Waals surface area (Å²) in [5.74, 6) is 0.513. The van der Waals surface area contributed by atoms with E-state index in [1.807, 2.05) is 0 Å². The zero-order valence-electron chi connectivity index (χ0n) is 13.8. The molecule has 0 radical (unpaired) electrons. The fourth-order valence-corrected chi connectivity index (χ4v) is 3.65. The monoisotopic (exact) mass is 380 g/mol. The highest BCUT2D eigenvalue weighted by molar-refractivity contribution is 7.98. The maximum atomic E-state index is 12.9. The number of hydrogen-bond donors (Lipinski definition) is 1. The Labute approximate surface area is 156 Å². The molecule has 0 amide bonds. The quantitative estimate of drug-likeness (QED) is 0.245. The van der Waals surface area contributed by atoms with E-state index in [1.165, 1.54) is 28.7 Å². The van der Waals surface area contributed by atoms with Crippen LogP contribution in [0.1, 0.15) is 5.56 Å². The molecular formula is C17H12N6O3S. The van der Waals surface area contributed by atoms with Gasteiger partial charge in [0, 0.05) is 17.4 Å². The van der Waals surface area contributed by atoms with E-state index in [9.17, 15) is 14.9 Å². The Morgan fingerprint density at radius 2 is 1.93 bits per heavy atom. The third kappa shape index (κ3) is 3.17. The number of H-pyrrole nitrogens is 1. The van der Waals surface area contributed by atoms with Gasteiger partial charge in [-0.05, 0) is 12.1 Å². The molecule has 2 aromatic carbocycles. The van der Waals surface area contributed by atoms with Crippen molar-refractivity contribution in [3.63, 3.8) is 0 Å². The maximum Gasteiger partial charge on any atom is 0.273 e. The van der Waals surface area contributed by atoms with E-state index >= 15 is 0 Å². The third-order valence-corrected chi connectivity index (χ3v) is 4.89. The van der Waals surface area contributed by atoms with Crippen LogP contribution in [0.25, 0.3) is 16.9 Å². The molecule has 0 bridgehead atoms. The van der Waals surface area contributed by atoms with Gasteiger partial charge in [0.05, 0.1) is 15.8 Å². The van der Waals surface area contributed by atoms with Crippen LogP contribution in [0.2, 0.25) is 0 Å². The standard InChI is InChI=1S/C17H12N6O3S/c24-15-12-6-2-3-7-13(12)20-17(22(15)16-18-10-19-21-16)27-9-11-5-1-4-8-14(11)23(25)26/h1-8,10H,9H2,(H,18,19,21). The summed E-state index contributed by atoms with van der Waals surface area (Å²) in [4.78, 5) is 32.3. The van der Waals surface area contributed by atoms with E-state index in [0.717, 1.165) is 0 Å². The minimum Gasteiger partial charge on any atom is -0.268 e. The number of hydrogen-bond acceptors (Lipinski definition) is 7. The Morgan fingerprint density at radius 3 is 2.70 bits per heavy atom. The van der Waals surface area contributed by atoms with Gasteiger partial charge in [-0.15, -0.1) is 0 Å². The molecule has 1 N–H and O–H groups in total. The largest absolute Gasteiger partial charge is 0.273 e. The van der Waals surface area contributed by atoms with Crippen LogP contribution in [0.3, 0.4) is 0 Å². The molecule has 0 fully saturated rings. The van der Waals surface area contributed by atoms with Crippen LogP contribution in [0.5, 0.6) is 0 Å². The summed E-state index contributed by atoms with van der Waals surface area (Å²) in [6.45, 7) is 0. The Morgan fingerprint density at radius 1 is 1.15 bits per heavy atom. The van der Waals surface area contributed by atoms with Gasteiger partial charge in [0.1, 0.15) is 6.33 Å². The van der Waals surface area contributed by atoms with Gasteiger partial charge in [0.15, 0.2) is 5.16 Å². The molecule has 0 atom stereocenters. The second kappa shape index (κ2) is 7.00. The van der Waals surface area contributed by atoms with Gasteiger partial charge in [-0.25, -0.2) is 14.6 Å². The lowest BCUT2D eigenvalue weighted by molar-refractivity contribution is -0.385. The fraction of sp³-hybridized carbons (Fsp3) is 0.0588. The van der Waals surface area contributed by atoms with Crippen LogP contribution in [-0.2, 0) is 5.75 Å². The van der Waals surface area contributed by atoms with Crippen molar-refractivity contribution in [2.75, 3.05) is 0 Å². The van der Waals surface area contributed by atoms with Crippen molar-refractivity contribution in [2.24, 2.45) is 0 Å². The molecule has 0 aliphatic heterocycles. The smallest absolute Gasteiger partial charge is 0.268 e. The lowest BCUT2D eigenvalue weighted by Crippen LogP contribution is -2.22. The van der Waals surface area contributed by atoms with E-state index < -0.39 is 4.92 Å². The molecule has 0 aliphatic carbocycles. The molecule has 2 heterocycles. The van der Waals surface area contributed by atoms with Crippen LogP contribution >= 0.6 is 11.8 Å².